The highest BCUT2D eigenvalue weighted by Crippen LogP contribution is 2.29. The molecule has 0 bridgehead atoms. The zero-order valence-electron chi connectivity index (χ0n) is 61.3. The lowest BCUT2D eigenvalue weighted by Crippen LogP contribution is -2.32. The molecule has 15 rings (SSSR count). The lowest BCUT2D eigenvalue weighted by Gasteiger charge is -2.08. The van der Waals surface area contributed by atoms with Crippen molar-refractivity contribution in [3.63, 3.8) is 0 Å². The molecule has 15 aromatic rings. The second-order valence-corrected chi connectivity index (χ2v) is 27.4. The summed E-state index contributed by atoms with van der Waals surface area (Å²) in [6.07, 6.45) is 23.8. The molecule has 101 heavy (non-hydrogen) atoms. The third kappa shape index (κ3) is 16.9. The third-order valence-electron chi connectivity index (χ3n) is 18.1. The lowest BCUT2D eigenvalue weighted by atomic mass is 10.0. The van der Waals surface area contributed by atoms with Gasteiger partial charge in [-0.05, 0) is 196 Å². The number of fused-ring (bicyclic) bond motifs is 5. The summed E-state index contributed by atoms with van der Waals surface area (Å²) >= 11 is 0. The summed E-state index contributed by atoms with van der Waals surface area (Å²) < 4.78 is 10.5. The van der Waals surface area contributed by atoms with Gasteiger partial charge < -0.3 is 0 Å². The van der Waals surface area contributed by atoms with Gasteiger partial charge in [0.25, 0.3) is 16.9 Å². The fourth-order valence-electron chi connectivity index (χ4n) is 12.8. The van der Waals surface area contributed by atoms with Crippen LogP contribution < -0.4 is 22.8 Å². The van der Waals surface area contributed by atoms with Crippen LogP contribution in [0.5, 0.6) is 0 Å². The van der Waals surface area contributed by atoms with Crippen LogP contribution in [0.1, 0.15) is 92.0 Å². The average molecular weight is 1330 g/mol. The number of hydrogen-bond acceptors (Lipinski definition) is 9. The van der Waals surface area contributed by atoms with Gasteiger partial charge in [0.15, 0.2) is 6.20 Å². The Bertz CT molecular complexity index is 5270. The quantitative estimate of drug-likeness (QED) is 0.123. The summed E-state index contributed by atoms with van der Waals surface area (Å²) in [6.45, 7) is 23.9. The van der Waals surface area contributed by atoms with Crippen LogP contribution in [0, 0.1) is 46.5 Å². The molecule has 10 heterocycles. The highest BCUT2D eigenvalue weighted by Gasteiger charge is 2.24. The zero-order chi connectivity index (χ0) is 71.4. The van der Waals surface area contributed by atoms with Gasteiger partial charge in [-0.25, -0.2) is 38.2 Å². The average Bonchev–Trinajstić information content (AvgIpc) is 0.805. The number of benzene rings is 5. The van der Waals surface area contributed by atoms with Crippen molar-refractivity contribution in [2.45, 2.75) is 94.9 Å². The van der Waals surface area contributed by atoms with Crippen LogP contribution >= 0.6 is 0 Å². The summed E-state index contributed by atoms with van der Waals surface area (Å²) in [5.41, 5.74) is 21.6. The Morgan fingerprint density at radius 2 is 0.792 bits per heavy atom. The zero-order valence-corrected chi connectivity index (χ0v) is 61.3. The van der Waals surface area contributed by atoms with Gasteiger partial charge in [0.1, 0.15) is 37.4 Å². The smallest absolute Gasteiger partial charge is 0.260 e. The fraction of sp³-hybridized carbons (Fsp3) is 0.241. The highest BCUT2D eigenvalue weighted by atomic mass is 15.1. The minimum Gasteiger partial charge on any atom is -0.260 e. The van der Waals surface area contributed by atoms with E-state index in [2.05, 4.69) is 285 Å². The Morgan fingerprint density at radius 1 is 0.337 bits per heavy atom. The van der Waals surface area contributed by atoms with Crippen LogP contribution in [-0.2, 0) is 48.1 Å². The normalized spacial score (nSPS) is 11.1. The molecule has 0 spiro atoms. The largest absolute Gasteiger partial charge is 0.333 e. The van der Waals surface area contributed by atoms with Crippen molar-refractivity contribution in [3.8, 4) is 56.8 Å². The molecule has 0 aliphatic rings. The van der Waals surface area contributed by atoms with Gasteiger partial charge in [0, 0.05) is 48.0 Å². The first kappa shape index (κ1) is 70.9. The number of nitrogens with zero attached hydrogens (tertiary/aromatic N) is 14. The summed E-state index contributed by atoms with van der Waals surface area (Å²) in [5, 5.41) is 5.65. The van der Waals surface area contributed by atoms with Crippen LogP contribution in [0.15, 0.2) is 232 Å². The van der Waals surface area contributed by atoms with Gasteiger partial charge in [0.05, 0.1) is 78.2 Å². The topological polar surface area (TPSA) is 135 Å². The summed E-state index contributed by atoms with van der Waals surface area (Å²) in [5.74, 6) is 5.55. The van der Waals surface area contributed by atoms with Crippen molar-refractivity contribution >= 4 is 54.9 Å². The fourth-order valence-corrected chi connectivity index (χ4v) is 12.8. The summed E-state index contributed by atoms with van der Waals surface area (Å²) in [4.78, 5) is 41.0. The Balaban J connectivity index is 0.000000127. The van der Waals surface area contributed by atoms with Crippen molar-refractivity contribution in [2.24, 2.45) is 47.1 Å². The van der Waals surface area contributed by atoms with Gasteiger partial charge >= 0.3 is 23.3 Å². The molecular formula is C87H93N14+5. The van der Waals surface area contributed by atoms with Gasteiger partial charge in [-0.2, -0.15) is 4.57 Å². The van der Waals surface area contributed by atoms with Crippen LogP contribution in [0.3, 0.4) is 0 Å². The summed E-state index contributed by atoms with van der Waals surface area (Å²) in [6, 6.07) is 56.4. The standard InChI is InChI=1S/C20H23N2.C19H22N3.C18H20N3.2C15H14N3/c1-14(2)9-16-10-17-11-20(18-8-6-5-7-15(18)3)22(4)13-19(17)21-12-16;1-13(2)11-15-9-10-20-18-17(15)12-22(4)19(21-18)16-8-6-5-7-14(16)3;1-12(2)14-9-10-19-17-16(14)11-21(4)18(20-17)15-8-6-5-7-13(15)3;1-11-6-3-4-8-13(11)15-17-14-12(10-18(15)2)7-5-9-16-14;1-11-5-3-4-6-13(11)15-17-14-9-16-8-7-12(14)10-18(15)2/h5-8,10-14H,9H2,1-4H3;5-10,12-13H,11H2,1-4H3;5-12H,1-4H3;2*3-10H,1-2H3/q5*+1. The van der Waals surface area contributed by atoms with Crippen molar-refractivity contribution < 1.29 is 22.8 Å². The molecule has 0 amide bonds. The molecule has 10 aromatic heterocycles. The van der Waals surface area contributed by atoms with E-state index in [0.29, 0.717) is 17.8 Å². The number of hydrogen-bond donors (Lipinski definition) is 0. The molecular weight excluding hydrogens is 1240 g/mol. The number of pyridine rings is 6. The second kappa shape index (κ2) is 32.1. The van der Waals surface area contributed by atoms with Crippen molar-refractivity contribution in [1.82, 2.24) is 44.9 Å². The molecule has 0 saturated carbocycles. The molecule has 14 nitrogen and oxygen atoms in total. The van der Waals surface area contributed by atoms with Crippen molar-refractivity contribution in [3.05, 3.63) is 276 Å². The van der Waals surface area contributed by atoms with E-state index in [-0.39, 0.29) is 0 Å². The Kier molecular flexibility index (Phi) is 22.5. The predicted molar refractivity (Wildman–Crippen MR) is 408 cm³/mol. The first-order valence-electron chi connectivity index (χ1n) is 34.8. The minimum absolute atomic E-state index is 0.460. The third-order valence-corrected chi connectivity index (χ3v) is 18.1. The maximum Gasteiger partial charge on any atom is 0.333 e. The number of aromatic nitrogens is 14. The van der Waals surface area contributed by atoms with Crippen LogP contribution in [-0.4, -0.2) is 44.9 Å². The minimum atomic E-state index is 0.460. The van der Waals surface area contributed by atoms with E-state index in [9.17, 15) is 0 Å². The highest BCUT2D eigenvalue weighted by molar-refractivity contribution is 5.83. The first-order valence-corrected chi connectivity index (χ1v) is 34.8. The van der Waals surface area contributed by atoms with E-state index < -0.39 is 0 Å². The molecule has 0 N–H and O–H groups in total. The van der Waals surface area contributed by atoms with E-state index in [1.54, 1.807) is 18.6 Å². The molecule has 0 aliphatic heterocycles. The van der Waals surface area contributed by atoms with Crippen LogP contribution in [0.25, 0.3) is 112 Å². The van der Waals surface area contributed by atoms with Crippen LogP contribution in [0.4, 0.5) is 0 Å². The first-order chi connectivity index (χ1) is 48.7. The maximum absolute atomic E-state index is 4.83. The van der Waals surface area contributed by atoms with E-state index in [1.165, 1.54) is 61.2 Å². The number of rotatable bonds is 10. The molecule has 0 fully saturated rings. The SMILES string of the molecule is Cc1ccccc1-c1cc2cc(CC(C)C)cnc2c[n+]1C.Cc1ccccc1-c1nc2cnccc2c[n+]1C.Cc1ccccc1-c1nc2nccc(C(C)C)c2c[n+]1C.Cc1ccccc1-c1nc2nccc(CC(C)C)c2c[n+]1C.Cc1ccccc1-c1nc2ncccc2c[n+]1C. The van der Waals surface area contributed by atoms with Gasteiger partial charge in [0.2, 0.25) is 11.2 Å². The van der Waals surface area contributed by atoms with E-state index in [0.717, 1.165) is 108 Å². The number of aryl methyl sites for hydroxylation is 10. The molecule has 506 valence electrons. The van der Waals surface area contributed by atoms with Crippen molar-refractivity contribution in [1.29, 1.82) is 0 Å². The molecule has 0 unspecified atom stereocenters. The predicted octanol–water partition coefficient (Wildman–Crippen LogP) is 16.3. The molecule has 5 aromatic carbocycles. The molecule has 0 radical (unpaired) electrons. The molecule has 0 aliphatic carbocycles. The Labute approximate surface area is 594 Å². The van der Waals surface area contributed by atoms with Gasteiger partial charge in [-0.1, -0.05) is 133 Å². The molecule has 0 atom stereocenters. The van der Waals surface area contributed by atoms with E-state index in [4.69, 9.17) is 15.0 Å². The lowest BCUT2D eigenvalue weighted by molar-refractivity contribution is -0.661. The van der Waals surface area contributed by atoms with E-state index >= 15 is 0 Å². The maximum atomic E-state index is 4.83. The Hall–Kier alpha value is -11.4. The Morgan fingerprint density at radius 3 is 1.32 bits per heavy atom. The van der Waals surface area contributed by atoms with Crippen molar-refractivity contribution in [2.75, 3.05) is 0 Å². The van der Waals surface area contributed by atoms with Crippen LogP contribution in [0.2, 0.25) is 0 Å². The van der Waals surface area contributed by atoms with Gasteiger partial charge in [-0.15, -0.1) is 0 Å². The van der Waals surface area contributed by atoms with Gasteiger partial charge in [-0.3, -0.25) is 4.98 Å². The monoisotopic (exact) mass is 1330 g/mol. The van der Waals surface area contributed by atoms with E-state index in [1.807, 2.05) is 92.8 Å². The molecule has 0 saturated heterocycles. The summed E-state index contributed by atoms with van der Waals surface area (Å²) in [7, 11) is 10.2. The second-order valence-electron chi connectivity index (χ2n) is 27.4. The molecule has 14 heteroatoms.